The van der Waals surface area contributed by atoms with Crippen LogP contribution < -0.4 is 5.32 Å². The summed E-state index contributed by atoms with van der Waals surface area (Å²) in [5.41, 5.74) is 1.39. The van der Waals surface area contributed by atoms with Crippen LogP contribution in [-0.2, 0) is 8.85 Å². The van der Waals surface area contributed by atoms with Gasteiger partial charge in [-0.25, -0.2) is 0 Å². The van der Waals surface area contributed by atoms with Gasteiger partial charge < -0.3 is 14.2 Å². The summed E-state index contributed by atoms with van der Waals surface area (Å²) in [5.74, 6) is 0. The smallest absolute Gasteiger partial charge is 0.334 e. The number of hydrogen-bond acceptors (Lipinski definition) is 3. The molecule has 0 atom stereocenters. The molecule has 0 aliphatic rings. The van der Waals surface area contributed by atoms with Crippen LogP contribution in [0.25, 0.3) is 0 Å². The highest BCUT2D eigenvalue weighted by Gasteiger charge is 2.31. The van der Waals surface area contributed by atoms with E-state index in [2.05, 4.69) is 51.9 Å². The number of hydrogen-bond donors (Lipinski definition) is 1. The molecule has 0 saturated carbocycles. The molecule has 0 spiro atoms. The van der Waals surface area contributed by atoms with Gasteiger partial charge in [0, 0.05) is 48.3 Å². The summed E-state index contributed by atoms with van der Waals surface area (Å²) < 4.78 is 12.5. The standard InChI is InChI=1S/C14H37NO2Si4/c1-8-16-21(7,17-9-2)12-10-11-15-13(3)14(18-4,19-5)20-6/h15H,3,8-12,18-20H2,1-2,4-7H3. The van der Waals surface area contributed by atoms with Gasteiger partial charge in [0.05, 0.1) is 0 Å². The molecule has 0 aliphatic carbocycles. The second-order valence-electron chi connectivity index (χ2n) is 5.85. The van der Waals surface area contributed by atoms with Crippen LogP contribution >= 0.6 is 0 Å². The Hall–Kier alpha value is 0.328. The van der Waals surface area contributed by atoms with E-state index in [-0.39, 0.29) is 28.6 Å². The molecule has 0 heterocycles. The summed E-state index contributed by atoms with van der Waals surface area (Å²) in [4.78, 5) is 0. The first-order chi connectivity index (χ1) is 9.93. The molecule has 7 heteroatoms. The Kier molecular flexibility index (Phi) is 11.1. The molecule has 3 nitrogen and oxygen atoms in total. The molecule has 0 amide bonds. The van der Waals surface area contributed by atoms with Gasteiger partial charge in [-0.15, -0.1) is 0 Å². The molecule has 0 radical (unpaired) electrons. The van der Waals surface area contributed by atoms with Crippen molar-refractivity contribution < 1.29 is 8.85 Å². The minimum Gasteiger partial charge on any atom is -0.395 e. The third-order valence-corrected chi connectivity index (χ3v) is 22.1. The maximum Gasteiger partial charge on any atom is 0.334 e. The molecule has 126 valence electrons. The number of nitrogens with one attached hydrogen (secondary N) is 1. The van der Waals surface area contributed by atoms with Crippen LogP contribution in [0.1, 0.15) is 20.3 Å². The van der Waals surface area contributed by atoms with E-state index < -0.39 is 8.56 Å². The van der Waals surface area contributed by atoms with E-state index in [1.54, 1.807) is 0 Å². The van der Waals surface area contributed by atoms with E-state index >= 15 is 0 Å². The topological polar surface area (TPSA) is 30.5 Å². The third kappa shape index (κ3) is 6.96. The van der Waals surface area contributed by atoms with Crippen LogP contribution in [0.15, 0.2) is 12.3 Å². The third-order valence-electron chi connectivity index (χ3n) is 4.72. The molecule has 21 heavy (non-hydrogen) atoms. The van der Waals surface area contributed by atoms with E-state index in [4.69, 9.17) is 8.85 Å². The predicted octanol–water partition coefficient (Wildman–Crippen LogP) is 1.35. The van der Waals surface area contributed by atoms with Crippen molar-refractivity contribution in [3.8, 4) is 0 Å². The maximum absolute atomic E-state index is 5.89. The average Bonchev–Trinajstić information content (AvgIpc) is 2.47. The van der Waals surface area contributed by atoms with Crippen molar-refractivity contribution in [3.63, 3.8) is 0 Å². The van der Waals surface area contributed by atoms with Crippen molar-refractivity contribution in [3.05, 3.63) is 12.3 Å². The molecular formula is C14H37NO2Si4. The molecule has 0 aromatic heterocycles. The largest absolute Gasteiger partial charge is 0.395 e. The summed E-state index contributed by atoms with van der Waals surface area (Å²) in [6.07, 6.45) is 1.12. The Morgan fingerprint density at radius 2 is 1.57 bits per heavy atom. The number of rotatable bonds is 13. The molecule has 0 rings (SSSR count). The van der Waals surface area contributed by atoms with E-state index in [9.17, 15) is 0 Å². The van der Waals surface area contributed by atoms with Crippen molar-refractivity contribution in [1.82, 2.24) is 5.32 Å². The quantitative estimate of drug-likeness (QED) is 0.396. The first kappa shape index (κ1) is 21.3. The second-order valence-corrected chi connectivity index (χ2v) is 18.4. The zero-order valence-electron chi connectivity index (χ0n) is 15.2. The highest BCUT2D eigenvalue weighted by atomic mass is 28.4. The molecular weight excluding hydrogens is 327 g/mol. The van der Waals surface area contributed by atoms with Crippen LogP contribution in [0.5, 0.6) is 0 Å². The van der Waals surface area contributed by atoms with Gasteiger partial charge in [0.2, 0.25) is 0 Å². The highest BCUT2D eigenvalue weighted by Crippen LogP contribution is 2.28. The zero-order valence-corrected chi connectivity index (χ0v) is 20.4. The average molecular weight is 364 g/mol. The molecule has 0 aromatic carbocycles. The Bertz CT molecular complexity index is 284. The predicted molar refractivity (Wildman–Crippen MR) is 107 cm³/mol. The Morgan fingerprint density at radius 1 is 1.10 bits per heavy atom. The minimum atomic E-state index is -1.94. The Labute approximate surface area is 140 Å². The molecule has 0 aromatic rings. The SMILES string of the molecule is C=C(NCCC[Si](C)(OCC)OCC)C([SiH2]C)([SiH2]C)[SiH2]C. The molecule has 1 N–H and O–H groups in total. The van der Waals surface area contributed by atoms with Gasteiger partial charge in [0.15, 0.2) is 0 Å². The molecule has 0 unspecified atom stereocenters. The van der Waals surface area contributed by atoms with E-state index in [1.807, 2.05) is 0 Å². The summed E-state index contributed by atoms with van der Waals surface area (Å²) in [6.45, 7) is 20.6. The highest BCUT2D eigenvalue weighted by molar-refractivity contribution is 6.80. The minimum absolute atomic E-state index is 0.0165. The fourth-order valence-corrected chi connectivity index (χ4v) is 13.1. The van der Waals surface area contributed by atoms with Gasteiger partial charge in [-0.3, -0.25) is 0 Å². The first-order valence-electron chi connectivity index (χ1n) is 8.64. The first-order valence-corrected chi connectivity index (χ1v) is 17.5. The fraction of sp³-hybridized carbons (Fsp3) is 0.857. The fourth-order valence-electron chi connectivity index (χ4n) is 3.02. The molecule has 0 bridgehead atoms. The van der Waals surface area contributed by atoms with Gasteiger partial charge in [0.25, 0.3) is 0 Å². The van der Waals surface area contributed by atoms with Gasteiger partial charge in [-0.1, -0.05) is 26.2 Å². The maximum atomic E-state index is 5.89. The van der Waals surface area contributed by atoms with E-state index in [0.717, 1.165) is 32.2 Å². The normalized spacial score (nSPS) is 16.5. The zero-order chi connectivity index (χ0) is 16.4. The Balaban J connectivity index is 4.27. The second kappa shape index (κ2) is 11.0. The summed E-state index contributed by atoms with van der Waals surface area (Å²) in [6, 6.07) is 1.07. The van der Waals surface area contributed by atoms with Gasteiger partial charge in [-0.2, -0.15) is 0 Å². The van der Waals surface area contributed by atoms with Gasteiger partial charge in [-0.05, 0) is 42.8 Å². The summed E-state index contributed by atoms with van der Waals surface area (Å²) in [7, 11) is -1.89. The van der Waals surface area contributed by atoms with Gasteiger partial charge >= 0.3 is 8.56 Å². The van der Waals surface area contributed by atoms with Crippen LogP contribution in [0.3, 0.4) is 0 Å². The summed E-state index contributed by atoms with van der Waals surface area (Å²) >= 11 is 0. The van der Waals surface area contributed by atoms with Gasteiger partial charge in [0.1, 0.15) is 0 Å². The molecule has 0 saturated heterocycles. The monoisotopic (exact) mass is 363 g/mol. The van der Waals surface area contributed by atoms with Crippen molar-refractivity contribution in [2.75, 3.05) is 19.8 Å². The summed E-state index contributed by atoms with van der Waals surface area (Å²) in [5, 5.41) is 3.65. The van der Waals surface area contributed by atoms with Crippen LogP contribution in [0.2, 0.25) is 36.5 Å². The van der Waals surface area contributed by atoms with Crippen molar-refractivity contribution >= 4 is 37.1 Å². The van der Waals surface area contributed by atoms with Crippen molar-refractivity contribution in [1.29, 1.82) is 0 Å². The number of allylic oxidation sites excluding steroid dienone is 1. The lowest BCUT2D eigenvalue weighted by atomic mass is 10.4. The van der Waals surface area contributed by atoms with E-state index in [0.29, 0.717) is 4.28 Å². The van der Waals surface area contributed by atoms with Crippen molar-refractivity contribution in [2.24, 2.45) is 0 Å². The lowest BCUT2D eigenvalue weighted by Gasteiger charge is -2.33. The van der Waals surface area contributed by atoms with Crippen LogP contribution in [0, 0.1) is 0 Å². The van der Waals surface area contributed by atoms with E-state index in [1.165, 1.54) is 5.70 Å². The lowest BCUT2D eigenvalue weighted by Crippen LogP contribution is -2.40. The van der Waals surface area contributed by atoms with Crippen LogP contribution in [0.4, 0.5) is 0 Å². The Morgan fingerprint density at radius 3 is 1.95 bits per heavy atom. The van der Waals surface area contributed by atoms with Crippen molar-refractivity contribution in [2.45, 2.75) is 56.8 Å². The molecule has 0 aliphatic heterocycles. The molecule has 0 fully saturated rings. The van der Waals surface area contributed by atoms with Crippen LogP contribution in [-0.4, -0.2) is 56.9 Å². The lowest BCUT2D eigenvalue weighted by molar-refractivity contribution is 0.188.